The smallest absolute Gasteiger partial charge is 0.407 e. The maximum absolute atomic E-state index is 12.2. The molecule has 116 valence electrons. The second kappa shape index (κ2) is 5.80. The van der Waals surface area contributed by atoms with E-state index in [9.17, 15) is 14.7 Å². The van der Waals surface area contributed by atoms with Gasteiger partial charge in [-0.25, -0.2) is 9.78 Å². The van der Waals surface area contributed by atoms with Gasteiger partial charge in [-0.3, -0.25) is 4.79 Å². The molecule has 3 rings (SSSR count). The number of carbonyl (C=O) groups excluding carboxylic acids is 1. The van der Waals surface area contributed by atoms with E-state index in [4.69, 9.17) is 5.11 Å². The van der Waals surface area contributed by atoms with Gasteiger partial charge in [-0.15, -0.1) is 0 Å². The van der Waals surface area contributed by atoms with E-state index in [1.807, 2.05) is 0 Å². The van der Waals surface area contributed by atoms with Crippen LogP contribution in [-0.4, -0.2) is 45.2 Å². The first-order chi connectivity index (χ1) is 10.5. The topological polar surface area (TPSA) is 103 Å². The summed E-state index contributed by atoms with van der Waals surface area (Å²) >= 11 is 1.30. The summed E-state index contributed by atoms with van der Waals surface area (Å²) in [4.78, 5) is 28.7. The molecule has 0 saturated carbocycles. The first-order valence-electron chi connectivity index (χ1n) is 6.91. The SMILES string of the molecule is O=C(Nc1nc2ccc(O)cc2s1)C1CCN(C(=O)O)CC1. The van der Waals surface area contributed by atoms with Gasteiger partial charge in [-0.05, 0) is 31.0 Å². The van der Waals surface area contributed by atoms with E-state index in [0.29, 0.717) is 31.1 Å². The molecule has 3 N–H and O–H groups in total. The van der Waals surface area contributed by atoms with Gasteiger partial charge in [0.1, 0.15) is 5.75 Å². The zero-order valence-corrected chi connectivity index (χ0v) is 12.5. The minimum Gasteiger partial charge on any atom is -0.508 e. The summed E-state index contributed by atoms with van der Waals surface area (Å²) in [6, 6.07) is 4.85. The monoisotopic (exact) mass is 321 g/mol. The fourth-order valence-corrected chi connectivity index (χ4v) is 3.41. The van der Waals surface area contributed by atoms with Crippen LogP contribution < -0.4 is 5.32 Å². The molecule has 2 amide bonds. The zero-order valence-electron chi connectivity index (χ0n) is 11.7. The lowest BCUT2D eigenvalue weighted by atomic mass is 9.96. The van der Waals surface area contributed by atoms with Crippen molar-refractivity contribution in [2.45, 2.75) is 12.8 Å². The van der Waals surface area contributed by atoms with Gasteiger partial charge in [0, 0.05) is 19.0 Å². The highest BCUT2D eigenvalue weighted by molar-refractivity contribution is 7.22. The Balaban J connectivity index is 1.65. The third-order valence-corrected chi connectivity index (χ3v) is 4.67. The molecule has 1 aliphatic rings. The lowest BCUT2D eigenvalue weighted by Gasteiger charge is -2.28. The molecular formula is C14H15N3O4S. The number of aromatic nitrogens is 1. The van der Waals surface area contributed by atoms with Crippen LogP contribution >= 0.6 is 11.3 Å². The molecule has 0 aliphatic carbocycles. The number of fused-ring (bicyclic) bond motifs is 1. The Morgan fingerprint density at radius 1 is 1.32 bits per heavy atom. The van der Waals surface area contributed by atoms with Crippen molar-refractivity contribution in [1.29, 1.82) is 0 Å². The number of anilines is 1. The Bertz CT molecular complexity index is 722. The van der Waals surface area contributed by atoms with E-state index in [2.05, 4.69) is 10.3 Å². The molecule has 0 radical (unpaired) electrons. The molecule has 1 fully saturated rings. The summed E-state index contributed by atoms with van der Waals surface area (Å²) in [6.07, 6.45) is 0.0954. The lowest BCUT2D eigenvalue weighted by Crippen LogP contribution is -2.40. The molecule has 2 aromatic rings. The molecule has 0 bridgehead atoms. The van der Waals surface area contributed by atoms with Crippen LogP contribution in [0.15, 0.2) is 18.2 Å². The number of likely N-dealkylation sites (tertiary alicyclic amines) is 1. The van der Waals surface area contributed by atoms with Crippen LogP contribution in [0.3, 0.4) is 0 Å². The lowest BCUT2D eigenvalue weighted by molar-refractivity contribution is -0.121. The third-order valence-electron chi connectivity index (χ3n) is 3.74. The Morgan fingerprint density at radius 2 is 2.05 bits per heavy atom. The largest absolute Gasteiger partial charge is 0.508 e. The van der Waals surface area contributed by atoms with Crippen molar-refractivity contribution in [3.05, 3.63) is 18.2 Å². The fraction of sp³-hybridized carbons (Fsp3) is 0.357. The van der Waals surface area contributed by atoms with Crippen LogP contribution in [0.2, 0.25) is 0 Å². The number of carboxylic acid groups (broad SMARTS) is 1. The summed E-state index contributed by atoms with van der Waals surface area (Å²) in [5.74, 6) is -0.167. The van der Waals surface area contributed by atoms with Crippen molar-refractivity contribution >= 4 is 38.7 Å². The van der Waals surface area contributed by atoms with Crippen molar-refractivity contribution < 1.29 is 19.8 Å². The van der Waals surface area contributed by atoms with Crippen LogP contribution in [0.4, 0.5) is 9.93 Å². The number of rotatable bonds is 2. The van der Waals surface area contributed by atoms with Crippen molar-refractivity contribution in [3.63, 3.8) is 0 Å². The number of carbonyl (C=O) groups is 2. The van der Waals surface area contributed by atoms with Gasteiger partial charge in [0.05, 0.1) is 10.2 Å². The molecule has 2 heterocycles. The number of amides is 2. The summed E-state index contributed by atoms with van der Waals surface area (Å²) in [5.41, 5.74) is 0.721. The second-order valence-corrected chi connectivity index (χ2v) is 6.23. The maximum atomic E-state index is 12.2. The van der Waals surface area contributed by atoms with Gasteiger partial charge < -0.3 is 20.4 Å². The molecule has 7 nitrogen and oxygen atoms in total. The zero-order chi connectivity index (χ0) is 15.7. The quantitative estimate of drug-likeness (QED) is 0.788. The average molecular weight is 321 g/mol. The Hall–Kier alpha value is -2.35. The number of piperidine rings is 1. The fourth-order valence-electron chi connectivity index (χ4n) is 2.51. The molecule has 1 saturated heterocycles. The van der Waals surface area contributed by atoms with E-state index in [-0.39, 0.29) is 17.6 Å². The first-order valence-corrected chi connectivity index (χ1v) is 7.73. The molecular weight excluding hydrogens is 306 g/mol. The molecule has 0 spiro atoms. The van der Waals surface area contributed by atoms with Crippen LogP contribution in [-0.2, 0) is 4.79 Å². The number of benzene rings is 1. The minimum absolute atomic E-state index is 0.131. The van der Waals surface area contributed by atoms with Gasteiger partial charge in [0.25, 0.3) is 0 Å². The van der Waals surface area contributed by atoms with Crippen molar-refractivity contribution in [1.82, 2.24) is 9.88 Å². The molecule has 0 atom stereocenters. The van der Waals surface area contributed by atoms with Gasteiger partial charge in [0.15, 0.2) is 5.13 Å². The van der Waals surface area contributed by atoms with Crippen LogP contribution in [0, 0.1) is 5.92 Å². The van der Waals surface area contributed by atoms with Gasteiger partial charge in [0.2, 0.25) is 5.91 Å². The van der Waals surface area contributed by atoms with Crippen molar-refractivity contribution in [2.24, 2.45) is 5.92 Å². The molecule has 1 aromatic carbocycles. The summed E-state index contributed by atoms with van der Waals surface area (Å²) < 4.78 is 0.802. The summed E-state index contributed by atoms with van der Waals surface area (Å²) in [5, 5.41) is 21.6. The number of hydrogen-bond donors (Lipinski definition) is 3. The van der Waals surface area contributed by atoms with Crippen LogP contribution in [0.25, 0.3) is 10.2 Å². The minimum atomic E-state index is -0.940. The standard InChI is InChI=1S/C14H15N3O4S/c18-9-1-2-10-11(7-9)22-13(15-10)16-12(19)8-3-5-17(6-4-8)14(20)21/h1-2,7-8,18H,3-6H2,(H,20,21)(H,15,16,19). The van der Waals surface area contributed by atoms with Crippen LogP contribution in [0.5, 0.6) is 5.75 Å². The molecule has 1 aromatic heterocycles. The third kappa shape index (κ3) is 2.96. The van der Waals surface area contributed by atoms with E-state index in [1.165, 1.54) is 16.2 Å². The Morgan fingerprint density at radius 3 is 2.73 bits per heavy atom. The van der Waals surface area contributed by atoms with E-state index in [1.54, 1.807) is 18.2 Å². The van der Waals surface area contributed by atoms with Crippen LogP contribution in [0.1, 0.15) is 12.8 Å². The molecule has 1 aliphatic heterocycles. The number of thiazole rings is 1. The normalized spacial score (nSPS) is 15.9. The summed E-state index contributed by atoms with van der Waals surface area (Å²) in [6.45, 7) is 0.752. The maximum Gasteiger partial charge on any atom is 0.407 e. The Labute approximate surface area is 130 Å². The van der Waals surface area contributed by atoms with E-state index in [0.717, 1.165) is 10.2 Å². The van der Waals surface area contributed by atoms with Gasteiger partial charge >= 0.3 is 6.09 Å². The number of nitrogens with one attached hydrogen (secondary N) is 1. The predicted octanol–water partition coefficient (Wildman–Crippen LogP) is 2.33. The number of phenols is 1. The molecule has 22 heavy (non-hydrogen) atoms. The van der Waals surface area contributed by atoms with Gasteiger partial charge in [-0.1, -0.05) is 11.3 Å². The summed E-state index contributed by atoms with van der Waals surface area (Å²) in [7, 11) is 0. The Kier molecular flexibility index (Phi) is 3.84. The van der Waals surface area contributed by atoms with Gasteiger partial charge in [-0.2, -0.15) is 0 Å². The second-order valence-electron chi connectivity index (χ2n) is 5.20. The number of aromatic hydroxyl groups is 1. The number of phenolic OH excluding ortho intramolecular Hbond substituents is 1. The number of nitrogens with zero attached hydrogens (tertiary/aromatic N) is 2. The number of hydrogen-bond acceptors (Lipinski definition) is 5. The highest BCUT2D eigenvalue weighted by atomic mass is 32.1. The van der Waals surface area contributed by atoms with Crippen molar-refractivity contribution in [2.75, 3.05) is 18.4 Å². The van der Waals surface area contributed by atoms with Crippen molar-refractivity contribution in [3.8, 4) is 5.75 Å². The first kappa shape index (κ1) is 14.6. The van der Waals surface area contributed by atoms with E-state index < -0.39 is 6.09 Å². The highest BCUT2D eigenvalue weighted by Crippen LogP contribution is 2.29. The predicted molar refractivity (Wildman–Crippen MR) is 82.2 cm³/mol. The highest BCUT2D eigenvalue weighted by Gasteiger charge is 2.27. The van der Waals surface area contributed by atoms with E-state index >= 15 is 0 Å². The molecule has 0 unspecified atom stereocenters. The molecule has 8 heteroatoms. The average Bonchev–Trinajstić information content (AvgIpc) is 2.88.